The Kier molecular flexibility index (Phi) is 5.27. The van der Waals surface area contributed by atoms with Gasteiger partial charge in [-0.15, -0.1) is 0 Å². The van der Waals surface area contributed by atoms with Crippen LogP contribution in [0, 0.1) is 16.0 Å². The number of anilines is 1. The molecule has 2 aromatic rings. The summed E-state index contributed by atoms with van der Waals surface area (Å²) in [5.41, 5.74) is 1.67. The Bertz CT molecular complexity index is 889. The van der Waals surface area contributed by atoms with Crippen LogP contribution >= 0.6 is 0 Å². The van der Waals surface area contributed by atoms with Crippen molar-refractivity contribution in [1.82, 2.24) is 0 Å². The maximum absolute atomic E-state index is 11.7. The second-order valence-electron chi connectivity index (χ2n) is 6.80. The molecule has 0 spiro atoms. The van der Waals surface area contributed by atoms with Gasteiger partial charge in [-0.05, 0) is 42.9 Å². The average molecular weight is 374 g/mol. The van der Waals surface area contributed by atoms with Crippen molar-refractivity contribution in [1.29, 1.82) is 0 Å². The van der Waals surface area contributed by atoms with E-state index in [9.17, 15) is 18.5 Å². The summed E-state index contributed by atoms with van der Waals surface area (Å²) < 4.78 is 23.4. The van der Waals surface area contributed by atoms with Crippen molar-refractivity contribution in [3.8, 4) is 0 Å². The Balaban J connectivity index is 1.74. The first-order valence-corrected chi connectivity index (χ1v) is 10.5. The molecule has 0 atom stereocenters. The standard InChI is InChI=1S/C19H22N2O4S/c1-26(24,25)17-7-8-18(19(14-17)21(22)23)20-11-9-16(10-12-20)13-15-5-3-2-4-6-15/h2-8,14,16H,9-13H2,1H3. The van der Waals surface area contributed by atoms with Gasteiger partial charge < -0.3 is 4.90 Å². The number of piperidine rings is 1. The second kappa shape index (κ2) is 7.45. The summed E-state index contributed by atoms with van der Waals surface area (Å²) in [6, 6.07) is 14.5. The Morgan fingerprint density at radius 1 is 1.12 bits per heavy atom. The molecule has 6 nitrogen and oxygen atoms in total. The second-order valence-corrected chi connectivity index (χ2v) is 8.82. The molecule has 1 saturated heterocycles. The van der Waals surface area contributed by atoms with E-state index < -0.39 is 14.8 Å². The van der Waals surface area contributed by atoms with E-state index in [0.717, 1.165) is 38.6 Å². The number of nitro benzene ring substituents is 1. The van der Waals surface area contributed by atoms with Crippen LogP contribution in [0.4, 0.5) is 11.4 Å². The first-order valence-electron chi connectivity index (χ1n) is 8.62. The molecule has 0 radical (unpaired) electrons. The summed E-state index contributed by atoms with van der Waals surface area (Å²) in [4.78, 5) is 12.9. The highest BCUT2D eigenvalue weighted by molar-refractivity contribution is 7.90. The van der Waals surface area contributed by atoms with Crippen molar-refractivity contribution in [2.24, 2.45) is 5.92 Å². The quantitative estimate of drug-likeness (QED) is 0.591. The van der Waals surface area contributed by atoms with Crippen molar-refractivity contribution < 1.29 is 13.3 Å². The zero-order valence-electron chi connectivity index (χ0n) is 14.7. The smallest absolute Gasteiger partial charge is 0.293 e. The fourth-order valence-corrected chi connectivity index (χ4v) is 4.11. The third kappa shape index (κ3) is 4.22. The molecular formula is C19H22N2O4S. The van der Waals surface area contributed by atoms with E-state index in [1.807, 2.05) is 23.1 Å². The number of nitro groups is 1. The Labute approximate surface area is 153 Å². The molecule has 0 saturated carbocycles. The van der Waals surface area contributed by atoms with Gasteiger partial charge >= 0.3 is 0 Å². The summed E-state index contributed by atoms with van der Waals surface area (Å²) >= 11 is 0. The molecule has 0 amide bonds. The van der Waals surface area contributed by atoms with Gasteiger partial charge in [0.25, 0.3) is 5.69 Å². The first-order chi connectivity index (χ1) is 12.3. The van der Waals surface area contributed by atoms with Gasteiger partial charge in [-0.1, -0.05) is 30.3 Å². The maximum Gasteiger partial charge on any atom is 0.293 e. The zero-order chi connectivity index (χ0) is 18.7. The topological polar surface area (TPSA) is 80.5 Å². The van der Waals surface area contributed by atoms with Gasteiger partial charge in [0.15, 0.2) is 9.84 Å². The third-order valence-corrected chi connectivity index (χ3v) is 6.00. The van der Waals surface area contributed by atoms with E-state index in [0.29, 0.717) is 11.6 Å². The normalized spacial score (nSPS) is 15.8. The van der Waals surface area contributed by atoms with Crippen molar-refractivity contribution >= 4 is 21.2 Å². The molecule has 1 aliphatic heterocycles. The number of sulfone groups is 1. The highest BCUT2D eigenvalue weighted by Crippen LogP contribution is 2.34. The number of hydrogen-bond acceptors (Lipinski definition) is 5. The molecule has 0 unspecified atom stereocenters. The van der Waals surface area contributed by atoms with E-state index in [-0.39, 0.29) is 10.6 Å². The monoisotopic (exact) mass is 374 g/mol. The van der Waals surface area contributed by atoms with Crippen LogP contribution in [0.5, 0.6) is 0 Å². The summed E-state index contributed by atoms with van der Waals surface area (Å²) in [5.74, 6) is 0.558. The van der Waals surface area contributed by atoms with Crippen LogP contribution in [0.1, 0.15) is 18.4 Å². The predicted molar refractivity (Wildman–Crippen MR) is 101 cm³/mol. The SMILES string of the molecule is CS(=O)(=O)c1ccc(N2CCC(Cc3ccccc3)CC2)c([N+](=O)[O-])c1. The van der Waals surface area contributed by atoms with Crippen LogP contribution in [0.2, 0.25) is 0 Å². The molecule has 0 aromatic heterocycles. The van der Waals surface area contributed by atoms with Crippen LogP contribution in [0.15, 0.2) is 53.4 Å². The predicted octanol–water partition coefficient (Wildman–Crippen LogP) is 3.46. The lowest BCUT2D eigenvalue weighted by Crippen LogP contribution is -2.34. The minimum atomic E-state index is -3.47. The van der Waals surface area contributed by atoms with Crippen molar-refractivity contribution in [3.63, 3.8) is 0 Å². The molecule has 3 rings (SSSR count). The highest BCUT2D eigenvalue weighted by atomic mass is 32.2. The molecule has 0 N–H and O–H groups in total. The van der Waals surface area contributed by atoms with E-state index in [4.69, 9.17) is 0 Å². The molecule has 2 aromatic carbocycles. The van der Waals surface area contributed by atoms with Crippen LogP contribution in [-0.2, 0) is 16.3 Å². The Morgan fingerprint density at radius 3 is 2.35 bits per heavy atom. The molecule has 7 heteroatoms. The molecule has 1 heterocycles. The lowest BCUT2D eigenvalue weighted by Gasteiger charge is -2.33. The lowest BCUT2D eigenvalue weighted by atomic mass is 9.90. The van der Waals surface area contributed by atoms with Crippen LogP contribution in [-0.4, -0.2) is 32.7 Å². The Morgan fingerprint density at radius 2 is 1.77 bits per heavy atom. The summed E-state index contributed by atoms with van der Waals surface area (Å²) in [6.45, 7) is 1.47. The van der Waals surface area contributed by atoms with Crippen molar-refractivity contribution in [2.45, 2.75) is 24.2 Å². The van der Waals surface area contributed by atoms with E-state index in [1.165, 1.54) is 17.7 Å². The van der Waals surface area contributed by atoms with Crippen LogP contribution in [0.25, 0.3) is 0 Å². The minimum absolute atomic E-state index is 0.0214. The van der Waals surface area contributed by atoms with Crippen molar-refractivity contribution in [3.05, 3.63) is 64.2 Å². The summed E-state index contributed by atoms with van der Waals surface area (Å²) in [6.07, 6.45) is 3.99. The van der Waals surface area contributed by atoms with Crippen LogP contribution < -0.4 is 4.90 Å². The maximum atomic E-state index is 11.7. The molecule has 26 heavy (non-hydrogen) atoms. The minimum Gasteiger partial charge on any atom is -0.366 e. The average Bonchev–Trinajstić information content (AvgIpc) is 2.62. The lowest BCUT2D eigenvalue weighted by molar-refractivity contribution is -0.384. The molecular weight excluding hydrogens is 352 g/mol. The zero-order valence-corrected chi connectivity index (χ0v) is 15.5. The van der Waals surface area contributed by atoms with Gasteiger partial charge in [-0.25, -0.2) is 8.42 Å². The molecule has 0 aliphatic carbocycles. The number of rotatable bonds is 5. The Hall–Kier alpha value is -2.41. The summed E-state index contributed by atoms with van der Waals surface area (Å²) in [5, 5.41) is 11.4. The molecule has 1 aliphatic rings. The van der Waals surface area contributed by atoms with E-state index >= 15 is 0 Å². The van der Waals surface area contributed by atoms with Gasteiger partial charge in [0.2, 0.25) is 0 Å². The van der Waals surface area contributed by atoms with E-state index in [1.54, 1.807) is 6.07 Å². The van der Waals surface area contributed by atoms with Crippen LogP contribution in [0.3, 0.4) is 0 Å². The van der Waals surface area contributed by atoms with Gasteiger partial charge in [-0.3, -0.25) is 10.1 Å². The molecule has 0 bridgehead atoms. The van der Waals surface area contributed by atoms with Crippen molar-refractivity contribution in [2.75, 3.05) is 24.2 Å². The van der Waals surface area contributed by atoms with E-state index in [2.05, 4.69) is 12.1 Å². The van der Waals surface area contributed by atoms with Gasteiger partial charge in [0.05, 0.1) is 9.82 Å². The fourth-order valence-electron chi connectivity index (χ4n) is 3.47. The number of benzene rings is 2. The number of nitrogens with zero attached hydrogens (tertiary/aromatic N) is 2. The first kappa shape index (κ1) is 18.4. The third-order valence-electron chi connectivity index (χ3n) is 4.89. The summed E-state index contributed by atoms with van der Waals surface area (Å²) in [7, 11) is -3.47. The van der Waals surface area contributed by atoms with Gasteiger partial charge in [0, 0.05) is 25.4 Å². The fraction of sp³-hybridized carbons (Fsp3) is 0.368. The molecule has 138 valence electrons. The van der Waals surface area contributed by atoms with Gasteiger partial charge in [0.1, 0.15) is 5.69 Å². The largest absolute Gasteiger partial charge is 0.366 e. The highest BCUT2D eigenvalue weighted by Gasteiger charge is 2.26. The number of hydrogen-bond donors (Lipinski definition) is 0. The van der Waals surface area contributed by atoms with Gasteiger partial charge in [-0.2, -0.15) is 0 Å². The molecule has 1 fully saturated rings.